The second kappa shape index (κ2) is 5.54. The van der Waals surface area contributed by atoms with Crippen LogP contribution in [0.1, 0.15) is 20.8 Å². The third-order valence-corrected chi connectivity index (χ3v) is 4.71. The van der Waals surface area contributed by atoms with Gasteiger partial charge in [0.25, 0.3) is 5.91 Å². The molecule has 0 bridgehead atoms. The first kappa shape index (κ1) is 13.6. The minimum absolute atomic E-state index is 0.134. The van der Waals surface area contributed by atoms with Gasteiger partial charge in [-0.05, 0) is 30.2 Å². The van der Waals surface area contributed by atoms with Crippen molar-refractivity contribution in [3.63, 3.8) is 0 Å². The van der Waals surface area contributed by atoms with Crippen molar-refractivity contribution in [2.45, 2.75) is 13.5 Å². The van der Waals surface area contributed by atoms with Crippen molar-refractivity contribution in [1.29, 1.82) is 0 Å². The number of nitrogens with zero attached hydrogens (tertiary/aromatic N) is 1. The van der Waals surface area contributed by atoms with Crippen LogP contribution in [0.15, 0.2) is 42.7 Å². The number of nitrogens with one attached hydrogen (secondary N) is 1. The molecule has 0 aliphatic carbocycles. The van der Waals surface area contributed by atoms with E-state index in [0.29, 0.717) is 17.1 Å². The van der Waals surface area contributed by atoms with E-state index in [4.69, 9.17) is 5.73 Å². The number of nitrogen functional groups attached to an aromatic ring is 1. The smallest absolute Gasteiger partial charge is 0.263 e. The van der Waals surface area contributed by atoms with Crippen molar-refractivity contribution in [1.82, 2.24) is 10.3 Å². The Morgan fingerprint density at radius 2 is 2.05 bits per heavy atom. The fourth-order valence-corrected chi connectivity index (χ4v) is 3.32. The van der Waals surface area contributed by atoms with Crippen LogP contribution >= 0.6 is 11.3 Å². The number of thiophene rings is 1. The summed E-state index contributed by atoms with van der Waals surface area (Å²) in [6.45, 7) is 2.49. The highest BCUT2D eigenvalue weighted by Gasteiger charge is 2.16. The number of anilines is 1. The van der Waals surface area contributed by atoms with Crippen molar-refractivity contribution < 1.29 is 4.79 Å². The number of hydrogen-bond donors (Lipinski definition) is 2. The number of aryl methyl sites for hydroxylation is 1. The standard InChI is InChI=1S/C16H15N3OS/c1-10-3-2-4-12-13(17)15(21-14(10)12)16(20)19-9-11-5-7-18-8-6-11/h2-8H,9,17H2,1H3,(H,19,20). The van der Waals surface area contributed by atoms with Crippen LogP contribution in [-0.4, -0.2) is 10.9 Å². The summed E-state index contributed by atoms with van der Waals surface area (Å²) in [6.07, 6.45) is 3.41. The summed E-state index contributed by atoms with van der Waals surface area (Å²) < 4.78 is 1.07. The summed E-state index contributed by atoms with van der Waals surface area (Å²) in [5, 5.41) is 3.85. The number of hydrogen-bond acceptors (Lipinski definition) is 4. The maximum Gasteiger partial charge on any atom is 0.263 e. The minimum Gasteiger partial charge on any atom is -0.397 e. The van der Waals surface area contributed by atoms with Crippen molar-refractivity contribution >= 4 is 33.0 Å². The lowest BCUT2D eigenvalue weighted by molar-refractivity contribution is 0.0956. The van der Waals surface area contributed by atoms with Gasteiger partial charge < -0.3 is 11.1 Å². The number of carbonyl (C=O) groups is 1. The van der Waals surface area contributed by atoms with E-state index in [1.54, 1.807) is 12.4 Å². The molecule has 2 aromatic heterocycles. The number of rotatable bonds is 3. The summed E-state index contributed by atoms with van der Waals surface area (Å²) in [6, 6.07) is 9.68. The molecule has 0 aliphatic rings. The van der Waals surface area contributed by atoms with E-state index in [-0.39, 0.29) is 5.91 Å². The molecule has 106 valence electrons. The molecule has 0 saturated heterocycles. The molecule has 3 rings (SSSR count). The van der Waals surface area contributed by atoms with Gasteiger partial charge >= 0.3 is 0 Å². The first-order valence-corrected chi connectivity index (χ1v) is 7.43. The number of nitrogens with two attached hydrogens (primary N) is 1. The molecular formula is C16H15N3OS. The molecular weight excluding hydrogens is 282 g/mol. The van der Waals surface area contributed by atoms with Crippen LogP contribution in [0.25, 0.3) is 10.1 Å². The first-order valence-electron chi connectivity index (χ1n) is 6.61. The molecule has 2 heterocycles. The van der Waals surface area contributed by atoms with Gasteiger partial charge in [-0.25, -0.2) is 0 Å². The molecule has 0 unspecified atom stereocenters. The molecule has 0 fully saturated rings. The van der Waals surface area contributed by atoms with Crippen LogP contribution in [0.5, 0.6) is 0 Å². The fraction of sp³-hybridized carbons (Fsp3) is 0.125. The van der Waals surface area contributed by atoms with Crippen LogP contribution < -0.4 is 11.1 Å². The summed E-state index contributed by atoms with van der Waals surface area (Å²) >= 11 is 1.44. The minimum atomic E-state index is -0.134. The van der Waals surface area contributed by atoms with E-state index in [2.05, 4.69) is 10.3 Å². The predicted octanol–water partition coefficient (Wildman–Crippen LogP) is 3.12. The number of benzene rings is 1. The van der Waals surface area contributed by atoms with E-state index in [9.17, 15) is 4.79 Å². The van der Waals surface area contributed by atoms with Crippen LogP contribution in [0, 0.1) is 6.92 Å². The van der Waals surface area contributed by atoms with Crippen LogP contribution in [0.3, 0.4) is 0 Å². The summed E-state index contributed by atoms with van der Waals surface area (Å²) in [7, 11) is 0. The normalized spacial score (nSPS) is 10.7. The van der Waals surface area contributed by atoms with Gasteiger partial charge in [-0.2, -0.15) is 0 Å². The summed E-state index contributed by atoms with van der Waals surface area (Å²) in [5.74, 6) is -0.134. The van der Waals surface area contributed by atoms with Crippen molar-refractivity contribution in [3.8, 4) is 0 Å². The molecule has 0 radical (unpaired) electrons. The highest BCUT2D eigenvalue weighted by atomic mass is 32.1. The van der Waals surface area contributed by atoms with Gasteiger partial charge in [-0.15, -0.1) is 11.3 Å². The number of aromatic nitrogens is 1. The third kappa shape index (κ3) is 2.60. The van der Waals surface area contributed by atoms with Gasteiger partial charge in [0.1, 0.15) is 4.88 Å². The monoisotopic (exact) mass is 297 g/mol. The Balaban J connectivity index is 1.85. The third-order valence-electron chi connectivity index (χ3n) is 3.36. The van der Waals surface area contributed by atoms with Gasteiger partial charge in [-0.1, -0.05) is 18.2 Å². The van der Waals surface area contributed by atoms with E-state index < -0.39 is 0 Å². The Bertz CT molecular complexity index is 796. The zero-order valence-electron chi connectivity index (χ0n) is 11.6. The Labute approximate surface area is 126 Å². The lowest BCUT2D eigenvalue weighted by Crippen LogP contribution is -2.22. The Hall–Kier alpha value is -2.40. The molecule has 4 nitrogen and oxygen atoms in total. The zero-order chi connectivity index (χ0) is 14.8. The van der Waals surface area contributed by atoms with E-state index >= 15 is 0 Å². The van der Waals surface area contributed by atoms with Gasteiger partial charge in [0.15, 0.2) is 0 Å². The average Bonchev–Trinajstić information content (AvgIpc) is 2.85. The van der Waals surface area contributed by atoms with Crippen molar-refractivity contribution in [3.05, 3.63) is 58.7 Å². The fourth-order valence-electron chi connectivity index (χ4n) is 2.21. The average molecular weight is 297 g/mol. The highest BCUT2D eigenvalue weighted by Crippen LogP contribution is 2.35. The second-order valence-electron chi connectivity index (χ2n) is 4.83. The molecule has 3 N–H and O–H groups in total. The molecule has 1 aromatic carbocycles. The van der Waals surface area contributed by atoms with Crippen molar-refractivity contribution in [2.75, 3.05) is 5.73 Å². The van der Waals surface area contributed by atoms with E-state index in [1.165, 1.54) is 11.3 Å². The lowest BCUT2D eigenvalue weighted by Gasteiger charge is -2.04. The number of pyridine rings is 1. The largest absolute Gasteiger partial charge is 0.397 e. The molecule has 5 heteroatoms. The molecule has 1 amide bonds. The number of carbonyl (C=O) groups excluding carboxylic acids is 1. The number of fused-ring (bicyclic) bond motifs is 1. The topological polar surface area (TPSA) is 68.0 Å². The molecule has 0 atom stereocenters. The van der Waals surface area contributed by atoms with Gasteiger partial charge in [0.2, 0.25) is 0 Å². The van der Waals surface area contributed by atoms with Crippen LogP contribution in [0.2, 0.25) is 0 Å². The maximum atomic E-state index is 12.3. The first-order chi connectivity index (χ1) is 10.2. The predicted molar refractivity (Wildman–Crippen MR) is 86.4 cm³/mol. The lowest BCUT2D eigenvalue weighted by atomic mass is 10.1. The summed E-state index contributed by atoms with van der Waals surface area (Å²) in [4.78, 5) is 16.9. The molecule has 0 aliphatic heterocycles. The Morgan fingerprint density at radius 3 is 2.76 bits per heavy atom. The highest BCUT2D eigenvalue weighted by molar-refractivity contribution is 7.21. The molecule has 3 aromatic rings. The van der Waals surface area contributed by atoms with Crippen LogP contribution in [-0.2, 0) is 6.54 Å². The van der Waals surface area contributed by atoms with E-state index in [1.807, 2.05) is 37.3 Å². The Morgan fingerprint density at radius 1 is 1.29 bits per heavy atom. The Kier molecular flexibility index (Phi) is 3.58. The van der Waals surface area contributed by atoms with Gasteiger partial charge in [-0.3, -0.25) is 9.78 Å². The second-order valence-corrected chi connectivity index (χ2v) is 5.86. The van der Waals surface area contributed by atoms with Gasteiger partial charge in [0.05, 0.1) is 5.69 Å². The van der Waals surface area contributed by atoms with E-state index in [0.717, 1.165) is 21.2 Å². The SMILES string of the molecule is Cc1cccc2c(N)c(C(=O)NCc3ccncc3)sc12. The summed E-state index contributed by atoms with van der Waals surface area (Å²) in [5.41, 5.74) is 8.82. The quantitative estimate of drug-likeness (QED) is 0.780. The zero-order valence-corrected chi connectivity index (χ0v) is 12.4. The van der Waals surface area contributed by atoms with Gasteiger partial charge in [0, 0.05) is 29.0 Å². The maximum absolute atomic E-state index is 12.3. The number of amides is 1. The molecule has 21 heavy (non-hydrogen) atoms. The van der Waals surface area contributed by atoms with Crippen LogP contribution in [0.4, 0.5) is 5.69 Å². The van der Waals surface area contributed by atoms with Crippen molar-refractivity contribution in [2.24, 2.45) is 0 Å². The molecule has 0 spiro atoms. The molecule has 0 saturated carbocycles.